The maximum absolute atomic E-state index is 5.56. The highest BCUT2D eigenvalue weighted by molar-refractivity contribution is 5.20. The van der Waals surface area contributed by atoms with Crippen molar-refractivity contribution in [2.75, 3.05) is 6.61 Å². The number of rotatable bonds is 4. The Morgan fingerprint density at radius 2 is 1.92 bits per heavy atom. The van der Waals surface area contributed by atoms with E-state index in [-0.39, 0.29) is 0 Å². The average molecular weight is 164 g/mol. The van der Waals surface area contributed by atoms with Crippen molar-refractivity contribution in [3.05, 3.63) is 30.3 Å². The van der Waals surface area contributed by atoms with Gasteiger partial charge in [-0.15, -0.1) is 0 Å². The van der Waals surface area contributed by atoms with E-state index in [1.807, 2.05) is 30.3 Å². The second-order valence-electron chi connectivity index (χ2n) is 3.14. The lowest BCUT2D eigenvalue weighted by atomic mass is 10.1. The summed E-state index contributed by atoms with van der Waals surface area (Å²) in [7, 11) is 0. The first-order chi connectivity index (χ1) is 5.83. The summed E-state index contributed by atoms with van der Waals surface area (Å²) in [5, 5.41) is 0. The Morgan fingerprint density at radius 1 is 1.25 bits per heavy atom. The molecule has 1 nitrogen and oxygen atoms in total. The molecule has 1 rings (SSSR count). The van der Waals surface area contributed by atoms with E-state index in [1.54, 1.807) is 0 Å². The third kappa shape index (κ3) is 2.95. The SMILES string of the molecule is CC[C@@H](C)COc1ccccc1. The zero-order valence-electron chi connectivity index (χ0n) is 7.79. The Balaban J connectivity index is 2.33. The second-order valence-corrected chi connectivity index (χ2v) is 3.14. The zero-order valence-corrected chi connectivity index (χ0v) is 7.79. The molecule has 1 atom stereocenters. The van der Waals surface area contributed by atoms with Gasteiger partial charge in [0.2, 0.25) is 0 Å². The number of para-hydroxylation sites is 1. The summed E-state index contributed by atoms with van der Waals surface area (Å²) in [6, 6.07) is 9.96. The third-order valence-corrected chi connectivity index (χ3v) is 1.97. The minimum atomic E-state index is 0.644. The van der Waals surface area contributed by atoms with Crippen LogP contribution in [0.3, 0.4) is 0 Å². The van der Waals surface area contributed by atoms with Gasteiger partial charge in [0.1, 0.15) is 5.75 Å². The number of hydrogen-bond donors (Lipinski definition) is 0. The van der Waals surface area contributed by atoms with Gasteiger partial charge in [0.15, 0.2) is 0 Å². The van der Waals surface area contributed by atoms with Crippen molar-refractivity contribution in [2.24, 2.45) is 5.92 Å². The molecule has 0 amide bonds. The van der Waals surface area contributed by atoms with Crippen LogP contribution in [0.5, 0.6) is 5.75 Å². The molecule has 0 bridgehead atoms. The molecule has 1 heteroatoms. The van der Waals surface area contributed by atoms with Crippen LogP contribution in [0, 0.1) is 5.92 Å². The van der Waals surface area contributed by atoms with E-state index in [2.05, 4.69) is 13.8 Å². The highest BCUT2D eigenvalue weighted by Crippen LogP contribution is 2.10. The highest BCUT2D eigenvalue weighted by atomic mass is 16.5. The maximum Gasteiger partial charge on any atom is 0.119 e. The van der Waals surface area contributed by atoms with Gasteiger partial charge in [-0.2, -0.15) is 0 Å². The van der Waals surface area contributed by atoms with Gasteiger partial charge in [-0.05, 0) is 18.1 Å². The first kappa shape index (κ1) is 9.11. The Kier molecular flexibility index (Phi) is 3.65. The maximum atomic E-state index is 5.56. The molecule has 0 N–H and O–H groups in total. The summed E-state index contributed by atoms with van der Waals surface area (Å²) in [4.78, 5) is 0. The largest absolute Gasteiger partial charge is 0.493 e. The van der Waals surface area contributed by atoms with E-state index in [9.17, 15) is 0 Å². The molecule has 0 aromatic heterocycles. The van der Waals surface area contributed by atoms with Gasteiger partial charge in [-0.1, -0.05) is 38.5 Å². The molecule has 1 aromatic carbocycles. The van der Waals surface area contributed by atoms with Crippen LogP contribution in [0.15, 0.2) is 30.3 Å². The van der Waals surface area contributed by atoms with Crippen molar-refractivity contribution in [1.82, 2.24) is 0 Å². The van der Waals surface area contributed by atoms with Crippen LogP contribution >= 0.6 is 0 Å². The fourth-order valence-electron chi connectivity index (χ4n) is 0.873. The van der Waals surface area contributed by atoms with Crippen LogP contribution in [0.1, 0.15) is 20.3 Å². The highest BCUT2D eigenvalue weighted by Gasteiger charge is 1.98. The molecule has 0 fully saturated rings. The normalized spacial score (nSPS) is 12.5. The van der Waals surface area contributed by atoms with E-state index in [4.69, 9.17) is 4.74 Å². The predicted octanol–water partition coefficient (Wildman–Crippen LogP) is 3.11. The molecule has 0 spiro atoms. The fourth-order valence-corrected chi connectivity index (χ4v) is 0.873. The molecular weight excluding hydrogens is 148 g/mol. The van der Waals surface area contributed by atoms with E-state index in [0.29, 0.717) is 5.92 Å². The molecule has 0 radical (unpaired) electrons. The average Bonchev–Trinajstić information content (AvgIpc) is 2.16. The van der Waals surface area contributed by atoms with E-state index >= 15 is 0 Å². The molecule has 12 heavy (non-hydrogen) atoms. The zero-order chi connectivity index (χ0) is 8.81. The van der Waals surface area contributed by atoms with Crippen molar-refractivity contribution < 1.29 is 4.74 Å². The van der Waals surface area contributed by atoms with Crippen molar-refractivity contribution in [3.8, 4) is 5.75 Å². The molecule has 0 unspecified atom stereocenters. The second kappa shape index (κ2) is 4.81. The molecule has 0 heterocycles. The van der Waals surface area contributed by atoms with Crippen LogP contribution in [0.2, 0.25) is 0 Å². The van der Waals surface area contributed by atoms with Gasteiger partial charge in [0.05, 0.1) is 6.61 Å². The van der Waals surface area contributed by atoms with Crippen molar-refractivity contribution >= 4 is 0 Å². The number of ether oxygens (including phenoxy) is 1. The van der Waals surface area contributed by atoms with Crippen molar-refractivity contribution in [1.29, 1.82) is 0 Å². The van der Waals surface area contributed by atoms with Crippen LogP contribution in [0.4, 0.5) is 0 Å². The Morgan fingerprint density at radius 3 is 2.50 bits per heavy atom. The van der Waals surface area contributed by atoms with Gasteiger partial charge in [0, 0.05) is 0 Å². The lowest BCUT2D eigenvalue weighted by Crippen LogP contribution is -2.06. The van der Waals surface area contributed by atoms with Crippen LogP contribution in [-0.2, 0) is 0 Å². The standard InChI is InChI=1S/C11H16O/c1-3-10(2)9-12-11-7-5-4-6-8-11/h4-8,10H,3,9H2,1-2H3/t10-/m1/s1. The first-order valence-corrected chi connectivity index (χ1v) is 4.50. The first-order valence-electron chi connectivity index (χ1n) is 4.50. The summed E-state index contributed by atoms with van der Waals surface area (Å²) >= 11 is 0. The lowest BCUT2D eigenvalue weighted by Gasteiger charge is -2.10. The van der Waals surface area contributed by atoms with Crippen molar-refractivity contribution in [2.45, 2.75) is 20.3 Å². The lowest BCUT2D eigenvalue weighted by molar-refractivity contribution is 0.256. The monoisotopic (exact) mass is 164 g/mol. The number of hydrogen-bond acceptors (Lipinski definition) is 1. The molecule has 1 aromatic rings. The predicted molar refractivity (Wildman–Crippen MR) is 51.4 cm³/mol. The Hall–Kier alpha value is -0.980. The minimum Gasteiger partial charge on any atom is -0.493 e. The van der Waals surface area contributed by atoms with Crippen LogP contribution < -0.4 is 4.74 Å². The van der Waals surface area contributed by atoms with Crippen LogP contribution in [0.25, 0.3) is 0 Å². The molecule has 0 saturated carbocycles. The van der Waals surface area contributed by atoms with Crippen LogP contribution in [-0.4, -0.2) is 6.61 Å². The quantitative estimate of drug-likeness (QED) is 0.664. The Bertz CT molecular complexity index is 206. The van der Waals surface area contributed by atoms with Gasteiger partial charge in [-0.3, -0.25) is 0 Å². The molecule has 0 aliphatic carbocycles. The van der Waals surface area contributed by atoms with Gasteiger partial charge < -0.3 is 4.74 Å². The van der Waals surface area contributed by atoms with E-state index < -0.39 is 0 Å². The van der Waals surface area contributed by atoms with Gasteiger partial charge in [0.25, 0.3) is 0 Å². The summed E-state index contributed by atoms with van der Waals surface area (Å²) in [6.07, 6.45) is 1.17. The topological polar surface area (TPSA) is 9.23 Å². The number of benzene rings is 1. The van der Waals surface area contributed by atoms with E-state index in [1.165, 1.54) is 6.42 Å². The molecule has 0 saturated heterocycles. The smallest absolute Gasteiger partial charge is 0.119 e. The van der Waals surface area contributed by atoms with Crippen molar-refractivity contribution in [3.63, 3.8) is 0 Å². The molecular formula is C11H16O. The summed E-state index contributed by atoms with van der Waals surface area (Å²) in [5.74, 6) is 1.61. The van der Waals surface area contributed by atoms with E-state index in [0.717, 1.165) is 12.4 Å². The summed E-state index contributed by atoms with van der Waals surface area (Å²) < 4.78 is 5.56. The fraction of sp³-hybridized carbons (Fsp3) is 0.455. The molecule has 66 valence electrons. The molecule has 0 aliphatic rings. The Labute approximate surface area is 74.4 Å². The molecule has 0 aliphatic heterocycles. The summed E-state index contributed by atoms with van der Waals surface area (Å²) in [6.45, 7) is 5.20. The minimum absolute atomic E-state index is 0.644. The van der Waals surface area contributed by atoms with Gasteiger partial charge in [-0.25, -0.2) is 0 Å². The summed E-state index contributed by atoms with van der Waals surface area (Å²) in [5.41, 5.74) is 0. The third-order valence-electron chi connectivity index (χ3n) is 1.97. The van der Waals surface area contributed by atoms with Gasteiger partial charge >= 0.3 is 0 Å².